The van der Waals surface area contributed by atoms with Gasteiger partial charge in [0, 0.05) is 6.54 Å². The second kappa shape index (κ2) is 4.96. The highest BCUT2D eigenvalue weighted by Gasteiger charge is 2.56. The average Bonchev–Trinajstić information content (AvgIpc) is 2.90. The lowest BCUT2D eigenvalue weighted by molar-refractivity contribution is -0.128. The van der Waals surface area contributed by atoms with Gasteiger partial charge in [-0.15, -0.1) is 6.58 Å². The van der Waals surface area contributed by atoms with Crippen LogP contribution in [0.2, 0.25) is 0 Å². The zero-order chi connectivity index (χ0) is 15.0. The maximum atomic E-state index is 12.4. The quantitative estimate of drug-likeness (QED) is 0.803. The molecule has 1 saturated heterocycles. The SMILES string of the molecule is C=CCNC(=O)[C@@]12C=C[C@@H](CC1)N2C(=O)OC(C)(C)C. The first-order valence-electron chi connectivity index (χ1n) is 6.91. The van der Waals surface area contributed by atoms with Gasteiger partial charge in [-0.3, -0.25) is 9.69 Å². The van der Waals surface area contributed by atoms with Crippen molar-refractivity contribution in [2.45, 2.75) is 50.8 Å². The van der Waals surface area contributed by atoms with E-state index >= 15 is 0 Å². The fourth-order valence-electron chi connectivity index (χ4n) is 2.76. The minimum absolute atomic E-state index is 0.0423. The largest absolute Gasteiger partial charge is 0.444 e. The number of carbonyl (C=O) groups is 2. The summed E-state index contributed by atoms with van der Waals surface area (Å²) in [5, 5.41) is 2.78. The molecule has 0 spiro atoms. The Morgan fingerprint density at radius 3 is 2.75 bits per heavy atom. The molecule has 20 heavy (non-hydrogen) atoms. The molecule has 0 aromatic heterocycles. The standard InChI is InChI=1S/C15H22N2O3/c1-5-10-16-12(18)15-8-6-11(7-9-15)17(15)13(19)20-14(2,3)4/h5-6,8,11H,1,7,9-10H2,2-4H3,(H,16,18)/t11-,15+/m0/s1. The predicted molar refractivity (Wildman–Crippen MR) is 76.2 cm³/mol. The normalized spacial score (nSPS) is 27.6. The van der Waals surface area contributed by atoms with Crippen LogP contribution < -0.4 is 5.32 Å². The third kappa shape index (κ3) is 2.44. The highest BCUT2D eigenvalue weighted by molar-refractivity contribution is 5.94. The van der Waals surface area contributed by atoms with Crippen LogP contribution in [-0.4, -0.2) is 40.6 Å². The van der Waals surface area contributed by atoms with E-state index in [0.29, 0.717) is 13.0 Å². The van der Waals surface area contributed by atoms with Gasteiger partial charge < -0.3 is 10.1 Å². The van der Waals surface area contributed by atoms with Crippen LogP contribution >= 0.6 is 0 Å². The first-order valence-corrected chi connectivity index (χ1v) is 6.91. The van der Waals surface area contributed by atoms with E-state index in [1.807, 2.05) is 32.9 Å². The molecular weight excluding hydrogens is 256 g/mol. The summed E-state index contributed by atoms with van der Waals surface area (Å²) in [6, 6.07) is -0.0423. The Labute approximate surface area is 119 Å². The second-order valence-electron chi connectivity index (χ2n) is 6.24. The maximum absolute atomic E-state index is 12.4. The maximum Gasteiger partial charge on any atom is 0.411 e. The van der Waals surface area contributed by atoms with Crippen molar-refractivity contribution >= 4 is 12.0 Å². The number of nitrogens with one attached hydrogen (secondary N) is 1. The third-order valence-corrected chi connectivity index (χ3v) is 3.57. The van der Waals surface area contributed by atoms with Crippen molar-refractivity contribution in [2.24, 2.45) is 0 Å². The highest BCUT2D eigenvalue weighted by Crippen LogP contribution is 2.42. The third-order valence-electron chi connectivity index (χ3n) is 3.57. The molecule has 1 fully saturated rings. The Hall–Kier alpha value is -1.78. The highest BCUT2D eigenvalue weighted by atomic mass is 16.6. The van der Waals surface area contributed by atoms with Gasteiger partial charge in [0.25, 0.3) is 0 Å². The Morgan fingerprint density at radius 1 is 1.55 bits per heavy atom. The van der Waals surface area contributed by atoms with Crippen molar-refractivity contribution in [3.63, 3.8) is 0 Å². The predicted octanol–water partition coefficient (Wildman–Crippen LogP) is 2.00. The molecule has 0 unspecified atom stereocenters. The first kappa shape index (κ1) is 14.6. The molecule has 5 nitrogen and oxygen atoms in total. The zero-order valence-corrected chi connectivity index (χ0v) is 12.3. The molecule has 5 heteroatoms. The molecule has 2 atom stereocenters. The molecule has 110 valence electrons. The van der Waals surface area contributed by atoms with Gasteiger partial charge in [-0.05, 0) is 33.6 Å². The van der Waals surface area contributed by atoms with Crippen molar-refractivity contribution in [1.82, 2.24) is 10.2 Å². The van der Waals surface area contributed by atoms with E-state index in [-0.39, 0.29) is 11.9 Å². The van der Waals surface area contributed by atoms with Gasteiger partial charge in [0.05, 0.1) is 6.04 Å². The van der Waals surface area contributed by atoms with Crippen LogP contribution in [0.5, 0.6) is 0 Å². The molecule has 2 bridgehead atoms. The van der Waals surface area contributed by atoms with Crippen LogP contribution in [0.1, 0.15) is 33.6 Å². The van der Waals surface area contributed by atoms with E-state index < -0.39 is 17.2 Å². The minimum Gasteiger partial charge on any atom is -0.444 e. The van der Waals surface area contributed by atoms with Crippen molar-refractivity contribution < 1.29 is 14.3 Å². The number of ether oxygens (including phenoxy) is 1. The van der Waals surface area contributed by atoms with E-state index in [9.17, 15) is 9.59 Å². The Morgan fingerprint density at radius 2 is 2.25 bits per heavy atom. The number of nitrogens with zero attached hydrogens (tertiary/aromatic N) is 1. The smallest absolute Gasteiger partial charge is 0.411 e. The lowest BCUT2D eigenvalue weighted by atomic mass is 9.92. The minimum atomic E-state index is -0.893. The Kier molecular flexibility index (Phi) is 3.63. The zero-order valence-electron chi connectivity index (χ0n) is 12.3. The van der Waals surface area contributed by atoms with Gasteiger partial charge in [-0.25, -0.2) is 4.79 Å². The molecule has 2 aliphatic heterocycles. The van der Waals surface area contributed by atoms with Gasteiger partial charge in [-0.2, -0.15) is 0 Å². The Bertz CT molecular complexity index is 464. The van der Waals surface area contributed by atoms with Crippen LogP contribution in [-0.2, 0) is 9.53 Å². The molecular formula is C15H22N2O3. The number of amides is 2. The van der Waals surface area contributed by atoms with Crippen molar-refractivity contribution in [3.05, 3.63) is 24.8 Å². The van der Waals surface area contributed by atoms with Crippen LogP contribution in [0.3, 0.4) is 0 Å². The molecule has 2 rings (SSSR count). The number of hydrogen-bond donors (Lipinski definition) is 1. The first-order chi connectivity index (χ1) is 9.30. The Balaban J connectivity index is 2.19. The van der Waals surface area contributed by atoms with Gasteiger partial charge in [0.1, 0.15) is 11.1 Å². The average molecular weight is 278 g/mol. The molecule has 0 aromatic rings. The number of carbonyl (C=O) groups excluding carboxylic acids is 2. The lowest BCUT2D eigenvalue weighted by Crippen LogP contribution is -2.56. The van der Waals surface area contributed by atoms with E-state index in [1.165, 1.54) is 0 Å². The summed E-state index contributed by atoms with van der Waals surface area (Å²) < 4.78 is 5.43. The van der Waals surface area contributed by atoms with E-state index in [4.69, 9.17) is 4.74 Å². The number of hydrogen-bond acceptors (Lipinski definition) is 3. The summed E-state index contributed by atoms with van der Waals surface area (Å²) in [4.78, 5) is 26.3. The van der Waals surface area contributed by atoms with Crippen molar-refractivity contribution in [3.8, 4) is 0 Å². The van der Waals surface area contributed by atoms with Crippen LogP contribution in [0.25, 0.3) is 0 Å². The molecule has 2 amide bonds. The molecule has 1 N–H and O–H groups in total. The van der Waals surface area contributed by atoms with Crippen LogP contribution in [0, 0.1) is 0 Å². The summed E-state index contributed by atoms with van der Waals surface area (Å²) in [6.45, 7) is 9.43. The molecule has 0 aromatic carbocycles. The molecule has 0 radical (unpaired) electrons. The van der Waals surface area contributed by atoms with E-state index in [1.54, 1.807) is 11.0 Å². The number of fused-ring (bicyclic) bond motifs is 2. The summed E-state index contributed by atoms with van der Waals surface area (Å²) >= 11 is 0. The van der Waals surface area contributed by atoms with E-state index in [2.05, 4.69) is 11.9 Å². The second-order valence-corrected chi connectivity index (χ2v) is 6.24. The molecule has 2 heterocycles. The summed E-state index contributed by atoms with van der Waals surface area (Å²) in [7, 11) is 0. The van der Waals surface area contributed by atoms with Crippen LogP contribution in [0.4, 0.5) is 4.79 Å². The number of rotatable bonds is 3. The van der Waals surface area contributed by atoms with Gasteiger partial charge in [0.15, 0.2) is 0 Å². The fraction of sp³-hybridized carbons (Fsp3) is 0.600. The lowest BCUT2D eigenvalue weighted by Gasteiger charge is -2.34. The topological polar surface area (TPSA) is 58.6 Å². The van der Waals surface area contributed by atoms with Crippen molar-refractivity contribution in [2.75, 3.05) is 6.54 Å². The fourth-order valence-corrected chi connectivity index (χ4v) is 2.76. The van der Waals surface area contributed by atoms with Crippen molar-refractivity contribution in [1.29, 1.82) is 0 Å². The summed E-state index contributed by atoms with van der Waals surface area (Å²) in [5.41, 5.74) is -1.46. The van der Waals surface area contributed by atoms with Gasteiger partial charge in [0.2, 0.25) is 5.91 Å². The van der Waals surface area contributed by atoms with Crippen LogP contribution in [0.15, 0.2) is 24.8 Å². The van der Waals surface area contributed by atoms with Gasteiger partial charge >= 0.3 is 6.09 Å². The van der Waals surface area contributed by atoms with E-state index in [0.717, 1.165) is 6.42 Å². The molecule has 0 aliphatic carbocycles. The summed E-state index contributed by atoms with van der Waals surface area (Å²) in [5.74, 6) is -0.167. The molecule has 0 saturated carbocycles. The molecule has 2 aliphatic rings. The van der Waals surface area contributed by atoms with Gasteiger partial charge in [-0.1, -0.05) is 18.2 Å². The summed E-state index contributed by atoms with van der Waals surface area (Å²) in [6.07, 6.45) is 6.36. The monoisotopic (exact) mass is 278 g/mol.